The molecule has 2 N–H and O–H groups in total. The minimum atomic E-state index is -2.62. The maximum atomic E-state index is 13.0. The van der Waals surface area contributed by atoms with Gasteiger partial charge in [0.25, 0.3) is 0 Å². The highest BCUT2D eigenvalue weighted by atomic mass is 19.3. The van der Waals surface area contributed by atoms with Gasteiger partial charge in [-0.1, -0.05) is 0 Å². The van der Waals surface area contributed by atoms with Gasteiger partial charge in [-0.25, -0.2) is 8.78 Å². The Morgan fingerprint density at radius 3 is 2.69 bits per heavy atom. The fraction of sp³-hybridized carbons (Fsp3) is 0.545. The summed E-state index contributed by atoms with van der Waals surface area (Å²) in [7, 11) is 1.50. The summed E-state index contributed by atoms with van der Waals surface area (Å²) in [5.41, 5.74) is 5.44. The number of rotatable bonds is 3. The van der Waals surface area contributed by atoms with Gasteiger partial charge in [0.05, 0.1) is 12.8 Å². The summed E-state index contributed by atoms with van der Waals surface area (Å²) in [6.45, 7) is 0.163. The SMILES string of the molecule is COc1cccnc1C1(CN)CC(F)(F)C1. The number of halogens is 2. The van der Waals surface area contributed by atoms with Gasteiger partial charge in [0, 0.05) is 31.0 Å². The van der Waals surface area contributed by atoms with Crippen molar-refractivity contribution in [2.24, 2.45) is 5.73 Å². The van der Waals surface area contributed by atoms with Crippen LogP contribution in [0.15, 0.2) is 18.3 Å². The summed E-state index contributed by atoms with van der Waals surface area (Å²) in [5, 5.41) is 0. The van der Waals surface area contributed by atoms with Gasteiger partial charge in [0.1, 0.15) is 5.75 Å². The lowest BCUT2D eigenvalue weighted by atomic mass is 9.63. The second-order valence-corrected chi connectivity index (χ2v) is 4.25. The highest BCUT2D eigenvalue weighted by molar-refractivity contribution is 5.37. The van der Waals surface area contributed by atoms with Crippen LogP contribution in [0.25, 0.3) is 0 Å². The summed E-state index contributed by atoms with van der Waals surface area (Å²) < 4.78 is 31.2. The van der Waals surface area contributed by atoms with Crippen LogP contribution >= 0.6 is 0 Å². The molecular formula is C11H14F2N2O. The number of alkyl halides is 2. The summed E-state index contributed by atoms with van der Waals surface area (Å²) in [6, 6.07) is 3.43. The fourth-order valence-electron chi connectivity index (χ4n) is 2.30. The second-order valence-electron chi connectivity index (χ2n) is 4.25. The van der Waals surface area contributed by atoms with Gasteiger partial charge in [-0.05, 0) is 12.1 Å². The van der Waals surface area contributed by atoms with Crippen molar-refractivity contribution >= 4 is 0 Å². The molecule has 3 nitrogen and oxygen atoms in total. The van der Waals surface area contributed by atoms with Gasteiger partial charge >= 0.3 is 0 Å². The number of hydrogen-bond acceptors (Lipinski definition) is 3. The summed E-state index contributed by atoms with van der Waals surface area (Å²) in [4.78, 5) is 4.14. The number of nitrogens with zero attached hydrogens (tertiary/aromatic N) is 1. The van der Waals surface area contributed by atoms with E-state index in [0.717, 1.165) is 0 Å². The third kappa shape index (κ3) is 1.65. The maximum absolute atomic E-state index is 13.0. The van der Waals surface area contributed by atoms with Crippen molar-refractivity contribution in [2.45, 2.75) is 24.2 Å². The monoisotopic (exact) mass is 228 g/mol. The summed E-state index contributed by atoms with van der Waals surface area (Å²) >= 11 is 0. The third-order valence-corrected chi connectivity index (χ3v) is 3.08. The van der Waals surface area contributed by atoms with Crippen LogP contribution in [-0.2, 0) is 5.41 Å². The molecule has 0 bridgehead atoms. The van der Waals surface area contributed by atoms with E-state index in [9.17, 15) is 8.78 Å². The Morgan fingerprint density at radius 2 is 2.19 bits per heavy atom. The molecule has 0 unspecified atom stereocenters. The first-order valence-electron chi connectivity index (χ1n) is 5.10. The first-order valence-corrected chi connectivity index (χ1v) is 5.10. The molecule has 0 radical (unpaired) electrons. The molecule has 16 heavy (non-hydrogen) atoms. The topological polar surface area (TPSA) is 48.1 Å². The van der Waals surface area contributed by atoms with Crippen LogP contribution in [0, 0.1) is 0 Å². The first-order chi connectivity index (χ1) is 7.53. The normalized spacial score (nSPS) is 21.2. The van der Waals surface area contributed by atoms with E-state index in [-0.39, 0.29) is 19.4 Å². The zero-order valence-corrected chi connectivity index (χ0v) is 9.04. The quantitative estimate of drug-likeness (QED) is 0.856. The predicted octanol–water partition coefficient (Wildman–Crippen LogP) is 1.72. The van der Waals surface area contributed by atoms with E-state index >= 15 is 0 Å². The molecule has 1 aromatic rings. The Morgan fingerprint density at radius 1 is 1.50 bits per heavy atom. The Labute approximate surface area is 92.6 Å². The van der Waals surface area contributed by atoms with E-state index in [0.29, 0.717) is 11.4 Å². The highest BCUT2D eigenvalue weighted by Crippen LogP contribution is 2.53. The van der Waals surface area contributed by atoms with E-state index in [1.165, 1.54) is 7.11 Å². The molecule has 0 amide bonds. The predicted molar refractivity (Wildman–Crippen MR) is 55.7 cm³/mol. The number of methoxy groups -OCH3 is 1. The van der Waals surface area contributed by atoms with Crippen LogP contribution in [0.1, 0.15) is 18.5 Å². The van der Waals surface area contributed by atoms with Crippen LogP contribution in [-0.4, -0.2) is 24.6 Å². The average molecular weight is 228 g/mol. The zero-order valence-electron chi connectivity index (χ0n) is 9.04. The largest absolute Gasteiger partial charge is 0.495 e. The Bertz CT molecular complexity index is 387. The molecule has 1 aliphatic rings. The lowest BCUT2D eigenvalue weighted by Gasteiger charge is -2.46. The van der Waals surface area contributed by atoms with Crippen LogP contribution < -0.4 is 10.5 Å². The van der Waals surface area contributed by atoms with E-state index < -0.39 is 11.3 Å². The molecule has 1 heterocycles. The second kappa shape index (κ2) is 3.66. The van der Waals surface area contributed by atoms with Crippen molar-refractivity contribution in [3.05, 3.63) is 24.0 Å². The van der Waals surface area contributed by atoms with Crippen molar-refractivity contribution in [3.63, 3.8) is 0 Å². The van der Waals surface area contributed by atoms with Crippen molar-refractivity contribution in [2.75, 3.05) is 13.7 Å². The first kappa shape index (κ1) is 11.3. The van der Waals surface area contributed by atoms with E-state index in [2.05, 4.69) is 4.98 Å². The van der Waals surface area contributed by atoms with Crippen LogP contribution in [0.4, 0.5) is 8.78 Å². The fourth-order valence-corrected chi connectivity index (χ4v) is 2.30. The molecule has 0 aliphatic heterocycles. The van der Waals surface area contributed by atoms with Gasteiger partial charge in [-0.3, -0.25) is 4.98 Å². The summed E-state index contributed by atoms with van der Waals surface area (Å²) in [6.07, 6.45) is 1.08. The lowest BCUT2D eigenvalue weighted by molar-refractivity contribution is -0.125. The van der Waals surface area contributed by atoms with Crippen LogP contribution in [0.3, 0.4) is 0 Å². The molecular weight excluding hydrogens is 214 g/mol. The molecule has 5 heteroatoms. The highest BCUT2D eigenvalue weighted by Gasteiger charge is 2.58. The number of ether oxygens (including phenoxy) is 1. The molecule has 2 rings (SSSR count). The van der Waals surface area contributed by atoms with Gasteiger partial charge in [0.15, 0.2) is 0 Å². The van der Waals surface area contributed by atoms with E-state index in [4.69, 9.17) is 10.5 Å². The maximum Gasteiger partial charge on any atom is 0.250 e. The minimum Gasteiger partial charge on any atom is -0.495 e. The van der Waals surface area contributed by atoms with Gasteiger partial charge in [0.2, 0.25) is 5.92 Å². The van der Waals surface area contributed by atoms with Gasteiger partial charge in [-0.15, -0.1) is 0 Å². The molecule has 0 atom stereocenters. The zero-order chi connectivity index (χ0) is 11.8. The van der Waals surface area contributed by atoms with Gasteiger partial charge in [-0.2, -0.15) is 0 Å². The number of hydrogen-bond donors (Lipinski definition) is 1. The Balaban J connectivity index is 2.35. The van der Waals surface area contributed by atoms with Crippen molar-refractivity contribution in [3.8, 4) is 5.75 Å². The third-order valence-electron chi connectivity index (χ3n) is 3.08. The molecule has 1 aliphatic carbocycles. The lowest BCUT2D eigenvalue weighted by Crippen LogP contribution is -2.54. The molecule has 88 valence electrons. The van der Waals surface area contributed by atoms with Gasteiger partial charge < -0.3 is 10.5 Å². The number of aromatic nitrogens is 1. The van der Waals surface area contributed by atoms with Crippen molar-refractivity contribution in [1.29, 1.82) is 0 Å². The molecule has 1 aromatic heterocycles. The molecule has 0 aromatic carbocycles. The average Bonchev–Trinajstić information content (AvgIpc) is 2.25. The summed E-state index contributed by atoms with van der Waals surface area (Å²) in [5.74, 6) is -2.09. The number of nitrogens with two attached hydrogens (primary N) is 1. The molecule has 1 saturated carbocycles. The van der Waals surface area contributed by atoms with E-state index in [1.54, 1.807) is 18.3 Å². The van der Waals surface area contributed by atoms with Crippen molar-refractivity contribution in [1.82, 2.24) is 4.98 Å². The molecule has 1 fully saturated rings. The Hall–Kier alpha value is -1.23. The standard InChI is InChI=1S/C11H14F2N2O/c1-16-8-3-2-4-15-9(8)10(7-14)5-11(12,13)6-10/h2-4H,5-7,14H2,1H3. The van der Waals surface area contributed by atoms with Crippen LogP contribution in [0.5, 0.6) is 5.75 Å². The minimum absolute atomic E-state index is 0.163. The van der Waals surface area contributed by atoms with Crippen molar-refractivity contribution < 1.29 is 13.5 Å². The van der Waals surface area contributed by atoms with E-state index in [1.807, 2.05) is 0 Å². The molecule has 0 saturated heterocycles. The smallest absolute Gasteiger partial charge is 0.250 e. The number of pyridine rings is 1. The van der Waals surface area contributed by atoms with Crippen LogP contribution in [0.2, 0.25) is 0 Å². The Kier molecular flexibility index (Phi) is 2.58. The molecule has 0 spiro atoms.